The van der Waals surface area contributed by atoms with E-state index in [2.05, 4.69) is 23.9 Å². The lowest BCUT2D eigenvalue weighted by molar-refractivity contribution is -0.133. The second-order valence-electron chi connectivity index (χ2n) is 4.42. The molecule has 1 heterocycles. The predicted molar refractivity (Wildman–Crippen MR) is 75.5 cm³/mol. The zero-order valence-corrected chi connectivity index (χ0v) is 11.9. The molecule has 0 aliphatic carbocycles. The molecule has 102 valence electrons. The maximum Gasteiger partial charge on any atom is 0.243 e. The van der Waals surface area contributed by atoms with Gasteiger partial charge in [0, 0.05) is 6.42 Å². The zero-order chi connectivity index (χ0) is 13.1. The number of hydrogen-bond donors (Lipinski definition) is 1. The summed E-state index contributed by atoms with van der Waals surface area (Å²) >= 11 is 1.68. The Hall–Kier alpha value is -0.870. The molecule has 1 rings (SSSR count). The number of hydroxylamine groups is 1. The molecule has 1 N–H and O–H groups in total. The lowest BCUT2D eigenvalue weighted by atomic mass is 10.1. The third-order valence-corrected chi connectivity index (χ3v) is 3.50. The van der Waals surface area contributed by atoms with Crippen LogP contribution in [0.5, 0.6) is 0 Å². The molecule has 0 radical (unpaired) electrons. The summed E-state index contributed by atoms with van der Waals surface area (Å²) in [6.45, 7) is 2.73. The Balaban J connectivity index is 1.90. The monoisotopic (exact) mass is 269 g/mol. The Kier molecular flexibility index (Phi) is 8.51. The van der Waals surface area contributed by atoms with Crippen molar-refractivity contribution in [2.24, 2.45) is 0 Å². The van der Waals surface area contributed by atoms with Gasteiger partial charge in [-0.3, -0.25) is 9.63 Å². The van der Waals surface area contributed by atoms with Gasteiger partial charge in [0.25, 0.3) is 0 Å². The molecule has 0 unspecified atom stereocenters. The van der Waals surface area contributed by atoms with Crippen molar-refractivity contribution in [2.45, 2.75) is 51.9 Å². The lowest BCUT2D eigenvalue weighted by Gasteiger charge is -2.05. The van der Waals surface area contributed by atoms with E-state index in [0.29, 0.717) is 13.0 Å². The molecule has 0 aliphatic heterocycles. The SMILES string of the molecule is CCCCCCCC(=O)NOCCc1ccsc1. The molecule has 0 bridgehead atoms. The smallest absolute Gasteiger partial charge is 0.243 e. The summed E-state index contributed by atoms with van der Waals surface area (Å²) in [5, 5.41) is 4.14. The van der Waals surface area contributed by atoms with Crippen molar-refractivity contribution < 1.29 is 9.63 Å². The predicted octanol–water partition coefficient (Wildman–Crippen LogP) is 3.70. The summed E-state index contributed by atoms with van der Waals surface area (Å²) in [6.07, 6.45) is 7.23. The van der Waals surface area contributed by atoms with Gasteiger partial charge in [-0.25, -0.2) is 5.48 Å². The summed E-state index contributed by atoms with van der Waals surface area (Å²) < 4.78 is 0. The van der Waals surface area contributed by atoms with Gasteiger partial charge < -0.3 is 0 Å². The van der Waals surface area contributed by atoms with Crippen molar-refractivity contribution in [3.05, 3.63) is 22.4 Å². The Labute approximate surface area is 114 Å². The minimum atomic E-state index is -0.00295. The van der Waals surface area contributed by atoms with Crippen LogP contribution in [0.1, 0.15) is 51.0 Å². The van der Waals surface area contributed by atoms with Gasteiger partial charge in [0.1, 0.15) is 0 Å². The molecule has 0 saturated carbocycles. The number of hydrogen-bond acceptors (Lipinski definition) is 3. The molecule has 1 aromatic heterocycles. The van der Waals surface area contributed by atoms with E-state index in [-0.39, 0.29) is 5.91 Å². The standard InChI is InChI=1S/C14H23NO2S/c1-2-3-4-5-6-7-14(16)15-17-10-8-13-9-11-18-12-13/h9,11-12H,2-8,10H2,1H3,(H,15,16). The van der Waals surface area contributed by atoms with E-state index < -0.39 is 0 Å². The molecule has 0 atom stereocenters. The largest absolute Gasteiger partial charge is 0.273 e. The fourth-order valence-corrected chi connectivity index (χ4v) is 2.38. The van der Waals surface area contributed by atoms with Crippen molar-refractivity contribution in [2.75, 3.05) is 6.61 Å². The van der Waals surface area contributed by atoms with Crippen LogP contribution in [0.15, 0.2) is 16.8 Å². The average molecular weight is 269 g/mol. The second kappa shape index (κ2) is 10.1. The second-order valence-corrected chi connectivity index (χ2v) is 5.20. The van der Waals surface area contributed by atoms with Gasteiger partial charge in [-0.2, -0.15) is 11.3 Å². The van der Waals surface area contributed by atoms with Gasteiger partial charge >= 0.3 is 0 Å². The van der Waals surface area contributed by atoms with Gasteiger partial charge in [-0.15, -0.1) is 0 Å². The van der Waals surface area contributed by atoms with Gasteiger partial charge in [0.15, 0.2) is 0 Å². The molecule has 0 aliphatic rings. The molecule has 1 aromatic rings. The van der Waals surface area contributed by atoms with Crippen LogP contribution in [0.2, 0.25) is 0 Å². The molecule has 4 heteroatoms. The van der Waals surface area contributed by atoms with Gasteiger partial charge in [-0.05, 0) is 35.2 Å². The molecule has 0 fully saturated rings. The highest BCUT2D eigenvalue weighted by molar-refractivity contribution is 7.07. The van der Waals surface area contributed by atoms with E-state index in [1.165, 1.54) is 24.8 Å². The number of rotatable bonds is 10. The number of unbranched alkanes of at least 4 members (excludes halogenated alkanes) is 4. The van der Waals surface area contributed by atoms with Gasteiger partial charge in [0.2, 0.25) is 5.91 Å². The molecule has 0 spiro atoms. The number of carbonyl (C=O) groups is 1. The van der Waals surface area contributed by atoms with Crippen molar-refractivity contribution in [1.82, 2.24) is 5.48 Å². The number of thiophene rings is 1. The summed E-state index contributed by atoms with van der Waals surface area (Å²) in [6, 6.07) is 2.07. The van der Waals surface area contributed by atoms with Crippen molar-refractivity contribution in [3.8, 4) is 0 Å². The molecule has 18 heavy (non-hydrogen) atoms. The molecule has 0 aromatic carbocycles. The highest BCUT2D eigenvalue weighted by atomic mass is 32.1. The van der Waals surface area contributed by atoms with Crippen LogP contribution in [0.4, 0.5) is 0 Å². The van der Waals surface area contributed by atoms with Crippen LogP contribution < -0.4 is 5.48 Å². The van der Waals surface area contributed by atoms with Crippen LogP contribution in [0.25, 0.3) is 0 Å². The van der Waals surface area contributed by atoms with Crippen LogP contribution in [0, 0.1) is 0 Å². The first-order valence-corrected chi connectivity index (χ1v) is 7.69. The van der Waals surface area contributed by atoms with Crippen molar-refractivity contribution in [3.63, 3.8) is 0 Å². The summed E-state index contributed by atoms with van der Waals surface area (Å²) in [5.74, 6) is -0.00295. The summed E-state index contributed by atoms with van der Waals surface area (Å²) in [7, 11) is 0. The molecule has 1 amide bonds. The van der Waals surface area contributed by atoms with Crippen LogP contribution in [0.3, 0.4) is 0 Å². The first-order valence-electron chi connectivity index (χ1n) is 6.74. The number of amides is 1. The zero-order valence-electron chi connectivity index (χ0n) is 11.1. The highest BCUT2D eigenvalue weighted by Gasteiger charge is 2.01. The lowest BCUT2D eigenvalue weighted by Crippen LogP contribution is -2.24. The van der Waals surface area contributed by atoms with E-state index in [1.54, 1.807) is 11.3 Å². The maximum absolute atomic E-state index is 11.4. The van der Waals surface area contributed by atoms with Crippen molar-refractivity contribution >= 4 is 17.2 Å². The fraction of sp³-hybridized carbons (Fsp3) is 0.643. The number of nitrogens with one attached hydrogen (secondary N) is 1. The quantitative estimate of drug-likeness (QED) is 0.519. The Morgan fingerprint density at radius 2 is 2.17 bits per heavy atom. The van der Waals surface area contributed by atoms with Crippen molar-refractivity contribution in [1.29, 1.82) is 0 Å². The molecule has 0 saturated heterocycles. The van der Waals surface area contributed by atoms with E-state index in [4.69, 9.17) is 4.84 Å². The number of carbonyl (C=O) groups excluding carboxylic acids is 1. The third-order valence-electron chi connectivity index (χ3n) is 2.77. The molecule has 3 nitrogen and oxygen atoms in total. The average Bonchev–Trinajstić information content (AvgIpc) is 2.87. The molecular formula is C14H23NO2S. The van der Waals surface area contributed by atoms with E-state index >= 15 is 0 Å². The van der Waals surface area contributed by atoms with Crippen LogP contribution >= 0.6 is 11.3 Å². The Morgan fingerprint density at radius 3 is 2.89 bits per heavy atom. The Bertz CT molecular complexity index is 312. The fourth-order valence-electron chi connectivity index (χ4n) is 1.68. The summed E-state index contributed by atoms with van der Waals surface area (Å²) in [5.41, 5.74) is 3.76. The normalized spacial score (nSPS) is 10.5. The minimum Gasteiger partial charge on any atom is -0.273 e. The van der Waals surface area contributed by atoms with Crippen LogP contribution in [-0.4, -0.2) is 12.5 Å². The first kappa shape index (κ1) is 15.2. The maximum atomic E-state index is 11.4. The molecular weight excluding hydrogens is 246 g/mol. The van der Waals surface area contributed by atoms with Crippen LogP contribution in [-0.2, 0) is 16.1 Å². The van der Waals surface area contributed by atoms with E-state index in [0.717, 1.165) is 19.3 Å². The highest BCUT2D eigenvalue weighted by Crippen LogP contribution is 2.06. The Morgan fingerprint density at radius 1 is 1.33 bits per heavy atom. The van der Waals surface area contributed by atoms with E-state index in [1.807, 2.05) is 5.38 Å². The first-order chi connectivity index (χ1) is 8.83. The van der Waals surface area contributed by atoms with Gasteiger partial charge in [0.05, 0.1) is 6.61 Å². The third kappa shape index (κ3) is 7.45. The van der Waals surface area contributed by atoms with E-state index in [9.17, 15) is 4.79 Å². The van der Waals surface area contributed by atoms with Gasteiger partial charge in [-0.1, -0.05) is 32.6 Å². The topological polar surface area (TPSA) is 38.3 Å². The summed E-state index contributed by atoms with van der Waals surface area (Å²) in [4.78, 5) is 16.6. The minimum absolute atomic E-state index is 0.00295.